The second-order valence-corrected chi connectivity index (χ2v) is 8.27. The number of pyridine rings is 3. The average Bonchev–Trinajstić information content (AvgIpc) is 3.41. The number of hydrogen-bond donors (Lipinski definition) is 1. The minimum absolute atomic E-state index is 0.229. The second kappa shape index (κ2) is 7.98. The number of fused-ring (bicyclic) bond motifs is 1. The van der Waals surface area contributed by atoms with Crippen molar-refractivity contribution < 1.29 is 9.50 Å². The summed E-state index contributed by atoms with van der Waals surface area (Å²) in [5.41, 5.74) is 2.71. The predicted molar refractivity (Wildman–Crippen MR) is 114 cm³/mol. The fourth-order valence-electron chi connectivity index (χ4n) is 3.65. The molecule has 1 N–H and O–H groups in total. The zero-order valence-electron chi connectivity index (χ0n) is 16.3. The molecule has 5 rings (SSSR count). The van der Waals surface area contributed by atoms with Crippen molar-refractivity contribution >= 4 is 23.1 Å². The Kier molecular flexibility index (Phi) is 5.02. The first kappa shape index (κ1) is 19.5. The Bertz CT molecular complexity index is 1300. The van der Waals surface area contributed by atoms with E-state index < -0.39 is 5.82 Å². The van der Waals surface area contributed by atoms with Gasteiger partial charge in [0.2, 0.25) is 0 Å². The Morgan fingerprint density at radius 1 is 1.19 bits per heavy atom. The van der Waals surface area contributed by atoms with E-state index in [1.807, 2.05) is 24.4 Å². The smallest absolute Gasteiger partial charge is 0.155 e. The van der Waals surface area contributed by atoms with Crippen LogP contribution in [0.15, 0.2) is 65.0 Å². The topological polar surface area (TPSA) is 90.3 Å². The monoisotopic (exact) mass is 432 g/mol. The van der Waals surface area contributed by atoms with Crippen molar-refractivity contribution in [2.24, 2.45) is 0 Å². The van der Waals surface area contributed by atoms with E-state index in [9.17, 15) is 14.8 Å². The molecule has 0 spiro atoms. The molecule has 5 heterocycles. The number of aliphatic hydroxyl groups is 1. The van der Waals surface area contributed by atoms with Crippen LogP contribution in [0.5, 0.6) is 0 Å². The fraction of sp³-hybridized carbons (Fsp3) is 0.182. The van der Waals surface area contributed by atoms with E-state index in [1.54, 1.807) is 10.7 Å². The molecule has 0 aliphatic carbocycles. The summed E-state index contributed by atoms with van der Waals surface area (Å²) in [6.07, 6.45) is 7.05. The number of β-amino-alcohol motifs (C(OH)–C–C–N with tert-alkyl or cyclic N) is 1. The Morgan fingerprint density at radius 2 is 2.10 bits per heavy atom. The largest absolute Gasteiger partial charge is 0.391 e. The summed E-state index contributed by atoms with van der Waals surface area (Å²) in [4.78, 5) is 11.4. The first-order chi connectivity index (χ1) is 15.1. The first-order valence-electron chi connectivity index (χ1n) is 9.71. The zero-order valence-corrected chi connectivity index (χ0v) is 17.1. The summed E-state index contributed by atoms with van der Waals surface area (Å²) in [5.74, 6) is 0.394. The van der Waals surface area contributed by atoms with Gasteiger partial charge in [0.1, 0.15) is 16.9 Å². The highest BCUT2D eigenvalue weighted by Gasteiger charge is 2.21. The standard InChI is InChI=1S/C22H17FN6OS/c23-18-2-1-6-25-22(18)31-19-8-15(12-29-21(19)16(9-24)11-27-29)14-3-4-20(26-10-14)28-7-5-17(30)13-28/h1-4,6,8,10-12,17,30H,5,7,13H2/t17-/m1/s1. The number of anilines is 1. The van der Waals surface area contributed by atoms with Gasteiger partial charge in [0.05, 0.1) is 23.4 Å². The third-order valence-electron chi connectivity index (χ3n) is 5.20. The molecule has 0 aromatic carbocycles. The van der Waals surface area contributed by atoms with E-state index in [1.165, 1.54) is 24.5 Å². The van der Waals surface area contributed by atoms with Gasteiger partial charge in [-0.15, -0.1) is 0 Å². The lowest BCUT2D eigenvalue weighted by molar-refractivity contribution is 0.198. The molecule has 4 aromatic rings. The van der Waals surface area contributed by atoms with Crippen LogP contribution in [0.2, 0.25) is 0 Å². The quantitative estimate of drug-likeness (QED) is 0.528. The van der Waals surface area contributed by atoms with Crippen molar-refractivity contribution in [3.05, 3.63) is 66.5 Å². The van der Waals surface area contributed by atoms with Crippen LogP contribution in [0, 0.1) is 17.1 Å². The van der Waals surface area contributed by atoms with Gasteiger partial charge in [-0.05, 0) is 36.8 Å². The molecule has 1 aliphatic heterocycles. The molecule has 154 valence electrons. The maximum absolute atomic E-state index is 14.2. The van der Waals surface area contributed by atoms with Gasteiger partial charge in [0.15, 0.2) is 5.82 Å². The molecule has 0 amide bonds. The van der Waals surface area contributed by atoms with E-state index >= 15 is 0 Å². The fourth-order valence-corrected chi connectivity index (χ4v) is 4.62. The Morgan fingerprint density at radius 3 is 2.81 bits per heavy atom. The summed E-state index contributed by atoms with van der Waals surface area (Å²) >= 11 is 1.16. The van der Waals surface area contributed by atoms with Crippen molar-refractivity contribution in [3.8, 4) is 17.2 Å². The number of aromatic nitrogens is 4. The van der Waals surface area contributed by atoms with Crippen molar-refractivity contribution in [1.82, 2.24) is 19.6 Å². The average molecular weight is 432 g/mol. The van der Waals surface area contributed by atoms with Crippen molar-refractivity contribution in [2.75, 3.05) is 18.0 Å². The van der Waals surface area contributed by atoms with E-state index in [4.69, 9.17) is 0 Å². The first-order valence-corrected chi connectivity index (χ1v) is 10.5. The third-order valence-corrected chi connectivity index (χ3v) is 6.22. The van der Waals surface area contributed by atoms with Gasteiger partial charge in [0, 0.05) is 47.7 Å². The number of nitriles is 1. The van der Waals surface area contributed by atoms with Gasteiger partial charge in [-0.1, -0.05) is 11.8 Å². The maximum atomic E-state index is 14.2. The second-order valence-electron chi connectivity index (χ2n) is 7.24. The van der Waals surface area contributed by atoms with E-state index in [0.717, 1.165) is 41.7 Å². The molecule has 1 aliphatic rings. The summed E-state index contributed by atoms with van der Waals surface area (Å²) in [7, 11) is 0. The van der Waals surface area contributed by atoms with E-state index in [-0.39, 0.29) is 11.1 Å². The van der Waals surface area contributed by atoms with Crippen molar-refractivity contribution in [2.45, 2.75) is 22.4 Å². The van der Waals surface area contributed by atoms with Crippen LogP contribution in [0.25, 0.3) is 16.6 Å². The van der Waals surface area contributed by atoms with Crippen LogP contribution in [-0.2, 0) is 0 Å². The summed E-state index contributed by atoms with van der Waals surface area (Å²) < 4.78 is 15.9. The van der Waals surface area contributed by atoms with Crippen molar-refractivity contribution in [1.29, 1.82) is 5.26 Å². The lowest BCUT2D eigenvalue weighted by atomic mass is 10.1. The minimum atomic E-state index is -0.423. The van der Waals surface area contributed by atoms with Crippen molar-refractivity contribution in [3.63, 3.8) is 0 Å². The third kappa shape index (κ3) is 3.71. The molecule has 4 aromatic heterocycles. The number of hydrogen-bond acceptors (Lipinski definition) is 7. The minimum Gasteiger partial charge on any atom is -0.391 e. The Balaban J connectivity index is 1.55. The molecule has 31 heavy (non-hydrogen) atoms. The SMILES string of the molecule is N#Cc1cnn2cc(-c3ccc(N4CC[C@@H](O)C4)nc3)cc(Sc3ncccc3F)c12. The molecule has 0 unspecified atom stereocenters. The highest BCUT2D eigenvalue weighted by molar-refractivity contribution is 7.99. The Hall–Kier alpha value is -3.48. The van der Waals surface area contributed by atoms with Gasteiger partial charge in [-0.2, -0.15) is 10.4 Å². The lowest BCUT2D eigenvalue weighted by Crippen LogP contribution is -2.21. The highest BCUT2D eigenvalue weighted by atomic mass is 32.2. The molecule has 0 bridgehead atoms. The predicted octanol–water partition coefficient (Wildman–Crippen LogP) is 3.52. The summed E-state index contributed by atoms with van der Waals surface area (Å²) in [5, 5.41) is 23.8. The molecule has 0 saturated carbocycles. The van der Waals surface area contributed by atoms with Crippen LogP contribution in [0.1, 0.15) is 12.0 Å². The number of rotatable bonds is 4. The van der Waals surface area contributed by atoms with Gasteiger partial charge < -0.3 is 10.0 Å². The van der Waals surface area contributed by atoms with E-state index in [2.05, 4.69) is 26.0 Å². The van der Waals surface area contributed by atoms with Crippen LogP contribution in [-0.4, -0.2) is 43.9 Å². The molecule has 9 heteroatoms. The van der Waals surface area contributed by atoms with Crippen LogP contribution < -0.4 is 4.90 Å². The molecule has 7 nitrogen and oxygen atoms in total. The van der Waals surface area contributed by atoms with Gasteiger partial charge in [-0.3, -0.25) is 0 Å². The van der Waals surface area contributed by atoms with Gasteiger partial charge >= 0.3 is 0 Å². The molecule has 1 saturated heterocycles. The number of nitrogens with zero attached hydrogens (tertiary/aromatic N) is 6. The zero-order chi connectivity index (χ0) is 21.4. The highest BCUT2D eigenvalue weighted by Crippen LogP contribution is 2.36. The summed E-state index contributed by atoms with van der Waals surface area (Å²) in [6, 6.07) is 10.8. The normalized spacial score (nSPS) is 16.0. The molecular formula is C22H17FN6OS. The van der Waals surface area contributed by atoms with Crippen LogP contribution in [0.4, 0.5) is 10.2 Å². The molecular weight excluding hydrogens is 415 g/mol. The molecule has 1 fully saturated rings. The van der Waals surface area contributed by atoms with Gasteiger partial charge in [0.25, 0.3) is 0 Å². The number of aliphatic hydroxyl groups excluding tert-OH is 1. The number of halogens is 1. The summed E-state index contributed by atoms with van der Waals surface area (Å²) in [6.45, 7) is 1.36. The van der Waals surface area contributed by atoms with Gasteiger partial charge in [-0.25, -0.2) is 18.9 Å². The lowest BCUT2D eigenvalue weighted by Gasteiger charge is -2.16. The van der Waals surface area contributed by atoms with Crippen LogP contribution in [0.3, 0.4) is 0 Å². The van der Waals surface area contributed by atoms with Crippen LogP contribution >= 0.6 is 11.8 Å². The maximum Gasteiger partial charge on any atom is 0.155 e. The van der Waals surface area contributed by atoms with E-state index in [0.29, 0.717) is 22.5 Å². The Labute approximate surface area is 181 Å². The molecule has 0 radical (unpaired) electrons. The molecule has 1 atom stereocenters.